The number of halogens is 1. The van der Waals surface area contributed by atoms with Crippen molar-refractivity contribution in [2.45, 2.75) is 13.5 Å². The normalized spacial score (nSPS) is 12.8. The topological polar surface area (TPSA) is 63.7 Å². The van der Waals surface area contributed by atoms with Crippen LogP contribution in [0.25, 0.3) is 0 Å². The van der Waals surface area contributed by atoms with Gasteiger partial charge in [-0.3, -0.25) is 9.59 Å². The number of anilines is 1. The van der Waals surface area contributed by atoms with E-state index in [9.17, 15) is 14.4 Å². The fraction of sp³-hybridized carbons (Fsp3) is 0.0870. The molecule has 1 aliphatic rings. The van der Waals surface area contributed by atoms with Gasteiger partial charge in [-0.05, 0) is 54.4 Å². The highest BCUT2D eigenvalue weighted by atomic mass is 35.5. The van der Waals surface area contributed by atoms with Crippen molar-refractivity contribution in [2.75, 3.05) is 4.90 Å². The lowest BCUT2D eigenvalue weighted by molar-refractivity contribution is 0.0472. The molecule has 0 aromatic heterocycles. The third kappa shape index (κ3) is 3.52. The maximum absolute atomic E-state index is 12.8. The van der Waals surface area contributed by atoms with E-state index in [1.54, 1.807) is 67.6 Å². The van der Waals surface area contributed by atoms with Gasteiger partial charge in [0, 0.05) is 5.02 Å². The minimum absolute atomic E-state index is 0.0895. The van der Waals surface area contributed by atoms with E-state index in [0.29, 0.717) is 27.4 Å². The largest absolute Gasteiger partial charge is 0.457 e. The van der Waals surface area contributed by atoms with Crippen molar-refractivity contribution >= 4 is 35.1 Å². The van der Waals surface area contributed by atoms with Crippen molar-refractivity contribution in [3.05, 3.63) is 99.6 Å². The van der Waals surface area contributed by atoms with E-state index >= 15 is 0 Å². The molecule has 2 amide bonds. The molecule has 0 saturated carbocycles. The standard InChI is InChI=1S/C23H16ClNO4/c1-14-6-9-16(23(28)29-13-15-7-10-17(24)11-8-15)12-20(14)25-21(26)18-4-2-3-5-19(18)22(25)27/h2-12H,13H2,1H3. The van der Waals surface area contributed by atoms with Crippen molar-refractivity contribution < 1.29 is 19.1 Å². The van der Waals surface area contributed by atoms with Gasteiger partial charge >= 0.3 is 5.97 Å². The summed E-state index contributed by atoms with van der Waals surface area (Å²) in [6.45, 7) is 1.87. The van der Waals surface area contributed by atoms with Crippen molar-refractivity contribution in [1.82, 2.24) is 0 Å². The molecule has 0 fully saturated rings. The number of carbonyl (C=O) groups excluding carboxylic acids is 3. The number of carbonyl (C=O) groups is 3. The van der Waals surface area contributed by atoms with Gasteiger partial charge in [-0.15, -0.1) is 0 Å². The molecule has 1 heterocycles. The van der Waals surface area contributed by atoms with Crippen LogP contribution in [0.4, 0.5) is 5.69 Å². The Morgan fingerprint density at radius 2 is 1.55 bits per heavy atom. The predicted molar refractivity (Wildman–Crippen MR) is 109 cm³/mol. The number of hydrogen-bond donors (Lipinski definition) is 0. The maximum atomic E-state index is 12.8. The van der Waals surface area contributed by atoms with Gasteiger partial charge in [0.15, 0.2) is 0 Å². The van der Waals surface area contributed by atoms with Gasteiger partial charge in [-0.1, -0.05) is 41.9 Å². The van der Waals surface area contributed by atoms with Gasteiger partial charge in [-0.25, -0.2) is 9.69 Å². The van der Waals surface area contributed by atoms with Crippen LogP contribution in [0.5, 0.6) is 0 Å². The summed E-state index contributed by atoms with van der Waals surface area (Å²) in [5, 5.41) is 0.601. The van der Waals surface area contributed by atoms with Crippen molar-refractivity contribution in [3.63, 3.8) is 0 Å². The second kappa shape index (κ2) is 7.53. The molecule has 0 radical (unpaired) electrons. The molecule has 144 valence electrons. The van der Waals surface area contributed by atoms with Gasteiger partial charge in [0.1, 0.15) is 6.61 Å². The van der Waals surface area contributed by atoms with E-state index in [4.69, 9.17) is 16.3 Å². The van der Waals surface area contributed by atoms with Crippen molar-refractivity contribution in [2.24, 2.45) is 0 Å². The quantitative estimate of drug-likeness (QED) is 0.461. The molecule has 3 aromatic rings. The minimum Gasteiger partial charge on any atom is -0.457 e. The van der Waals surface area contributed by atoms with Crippen molar-refractivity contribution in [1.29, 1.82) is 0 Å². The summed E-state index contributed by atoms with van der Waals surface area (Å²) in [6.07, 6.45) is 0. The molecule has 0 aliphatic carbocycles. The first-order chi connectivity index (χ1) is 14.0. The van der Waals surface area contributed by atoms with E-state index in [-0.39, 0.29) is 12.2 Å². The molecule has 0 saturated heterocycles. The number of amides is 2. The number of ether oxygens (including phenoxy) is 1. The zero-order valence-electron chi connectivity index (χ0n) is 15.5. The number of imide groups is 1. The number of rotatable bonds is 4. The molecule has 3 aromatic carbocycles. The van der Waals surface area contributed by atoms with Crippen LogP contribution in [0.1, 0.15) is 42.2 Å². The molecule has 0 N–H and O–H groups in total. The Balaban J connectivity index is 1.58. The molecule has 29 heavy (non-hydrogen) atoms. The lowest BCUT2D eigenvalue weighted by Crippen LogP contribution is -2.30. The highest BCUT2D eigenvalue weighted by molar-refractivity contribution is 6.34. The van der Waals surface area contributed by atoms with Crippen LogP contribution < -0.4 is 4.90 Å². The number of esters is 1. The summed E-state index contributed by atoms with van der Waals surface area (Å²) < 4.78 is 5.36. The Hall–Kier alpha value is -3.44. The molecule has 5 nitrogen and oxygen atoms in total. The van der Waals surface area contributed by atoms with E-state index in [0.717, 1.165) is 10.5 Å². The lowest BCUT2D eigenvalue weighted by Gasteiger charge is -2.17. The van der Waals surface area contributed by atoms with E-state index in [1.165, 1.54) is 6.07 Å². The molecule has 0 atom stereocenters. The summed E-state index contributed by atoms with van der Waals surface area (Å²) in [7, 11) is 0. The Morgan fingerprint density at radius 3 is 2.17 bits per heavy atom. The van der Waals surface area contributed by atoms with Crippen LogP contribution in [0.2, 0.25) is 5.02 Å². The summed E-state index contributed by atoms with van der Waals surface area (Å²) in [5.41, 5.74) is 2.85. The molecule has 1 aliphatic heterocycles. The Labute approximate surface area is 172 Å². The van der Waals surface area contributed by atoms with Crippen molar-refractivity contribution in [3.8, 4) is 0 Å². The number of nitrogens with zero attached hydrogens (tertiary/aromatic N) is 1. The van der Waals surface area contributed by atoms with Crippen LogP contribution in [-0.2, 0) is 11.3 Å². The highest BCUT2D eigenvalue weighted by Crippen LogP contribution is 2.31. The SMILES string of the molecule is Cc1ccc(C(=O)OCc2ccc(Cl)cc2)cc1N1C(=O)c2ccccc2C1=O. The summed E-state index contributed by atoms with van der Waals surface area (Å²) >= 11 is 5.85. The highest BCUT2D eigenvalue weighted by Gasteiger charge is 2.37. The van der Waals surface area contributed by atoms with Gasteiger partial charge in [0.2, 0.25) is 0 Å². The zero-order valence-corrected chi connectivity index (χ0v) is 16.3. The van der Waals surface area contributed by atoms with Gasteiger partial charge < -0.3 is 4.74 Å². The molecule has 0 unspecified atom stereocenters. The van der Waals surface area contributed by atoms with E-state index in [2.05, 4.69) is 0 Å². The molecule has 6 heteroatoms. The van der Waals surface area contributed by atoms with Gasteiger partial charge in [-0.2, -0.15) is 0 Å². The van der Waals surface area contributed by atoms with E-state index < -0.39 is 17.8 Å². The lowest BCUT2D eigenvalue weighted by atomic mass is 10.1. The van der Waals surface area contributed by atoms with Gasteiger partial charge in [0.05, 0.1) is 22.4 Å². The third-order valence-corrected chi connectivity index (χ3v) is 5.01. The van der Waals surface area contributed by atoms with Crippen LogP contribution >= 0.6 is 11.6 Å². The fourth-order valence-corrected chi connectivity index (χ4v) is 3.32. The first kappa shape index (κ1) is 18.9. The van der Waals surface area contributed by atoms with Crippen LogP contribution in [-0.4, -0.2) is 17.8 Å². The van der Waals surface area contributed by atoms with E-state index in [1.807, 2.05) is 0 Å². The maximum Gasteiger partial charge on any atom is 0.338 e. The third-order valence-electron chi connectivity index (χ3n) is 4.76. The van der Waals surface area contributed by atoms with Crippen LogP contribution in [0, 0.1) is 6.92 Å². The second-order valence-corrected chi connectivity index (χ2v) is 7.13. The van der Waals surface area contributed by atoms with Gasteiger partial charge in [0.25, 0.3) is 11.8 Å². The molecular weight excluding hydrogens is 390 g/mol. The zero-order chi connectivity index (χ0) is 20.5. The Kier molecular flexibility index (Phi) is 4.91. The summed E-state index contributed by atoms with van der Waals surface area (Å²) in [4.78, 5) is 39.1. The molecule has 4 rings (SSSR count). The smallest absolute Gasteiger partial charge is 0.338 e. The Morgan fingerprint density at radius 1 is 0.931 bits per heavy atom. The molecular formula is C23H16ClNO4. The number of fused-ring (bicyclic) bond motifs is 1. The molecule has 0 spiro atoms. The average molecular weight is 406 g/mol. The number of hydrogen-bond acceptors (Lipinski definition) is 4. The first-order valence-corrected chi connectivity index (χ1v) is 9.33. The predicted octanol–water partition coefficient (Wildman–Crippen LogP) is 4.81. The second-order valence-electron chi connectivity index (χ2n) is 6.70. The monoisotopic (exact) mass is 405 g/mol. The number of aryl methyl sites for hydroxylation is 1. The van der Waals surface area contributed by atoms with Crippen LogP contribution in [0.3, 0.4) is 0 Å². The van der Waals surface area contributed by atoms with Crippen LogP contribution in [0.15, 0.2) is 66.7 Å². The fourth-order valence-electron chi connectivity index (χ4n) is 3.20. The summed E-state index contributed by atoms with van der Waals surface area (Å²) in [5.74, 6) is -1.35. The Bertz CT molecular complexity index is 1100. The summed E-state index contributed by atoms with van der Waals surface area (Å²) in [6, 6.07) is 18.5. The minimum atomic E-state index is -0.544. The average Bonchev–Trinajstić information content (AvgIpc) is 2.98. The molecule has 0 bridgehead atoms. The first-order valence-electron chi connectivity index (χ1n) is 8.96. The number of benzene rings is 3.